The van der Waals surface area contributed by atoms with Gasteiger partial charge in [-0.2, -0.15) is 0 Å². The second kappa shape index (κ2) is 5.06. The molecule has 0 N–H and O–H groups in total. The summed E-state index contributed by atoms with van der Waals surface area (Å²) in [6.07, 6.45) is 0.552. The Morgan fingerprint density at radius 2 is 1.58 bits per heavy atom. The molecule has 0 bridgehead atoms. The Labute approximate surface area is 111 Å². The van der Waals surface area contributed by atoms with Crippen molar-refractivity contribution < 1.29 is 9.53 Å². The highest BCUT2D eigenvalue weighted by Crippen LogP contribution is 2.25. The number of nitrogens with zero attached hydrogens (tertiary/aromatic N) is 1. The third kappa shape index (κ3) is 2.55. The lowest BCUT2D eigenvalue weighted by atomic mass is 10.1. The maximum atomic E-state index is 11.8. The zero-order valence-corrected chi connectivity index (χ0v) is 10.3. The SMILES string of the molecule is O=C1OC(Cc2ccccc2)=NC1c1ccccc1. The van der Waals surface area contributed by atoms with Gasteiger partial charge in [-0.3, -0.25) is 0 Å². The molecule has 0 aliphatic carbocycles. The molecule has 0 saturated heterocycles. The molecular formula is C16H13NO2. The van der Waals surface area contributed by atoms with Crippen molar-refractivity contribution in [2.75, 3.05) is 0 Å². The van der Waals surface area contributed by atoms with Crippen LogP contribution < -0.4 is 0 Å². The van der Waals surface area contributed by atoms with Crippen molar-refractivity contribution in [3.05, 3.63) is 71.8 Å². The van der Waals surface area contributed by atoms with Crippen LogP contribution in [0.1, 0.15) is 17.2 Å². The van der Waals surface area contributed by atoms with Gasteiger partial charge in [-0.1, -0.05) is 60.7 Å². The highest BCUT2D eigenvalue weighted by molar-refractivity contribution is 5.98. The number of cyclic esters (lactones) is 1. The topological polar surface area (TPSA) is 38.7 Å². The lowest BCUT2D eigenvalue weighted by molar-refractivity contribution is -0.135. The van der Waals surface area contributed by atoms with Crippen LogP contribution in [0, 0.1) is 0 Å². The number of ether oxygens (including phenoxy) is 1. The van der Waals surface area contributed by atoms with E-state index in [0.29, 0.717) is 12.3 Å². The Hall–Kier alpha value is -2.42. The first-order chi connectivity index (χ1) is 9.33. The minimum atomic E-state index is -0.514. The largest absolute Gasteiger partial charge is 0.410 e. The Morgan fingerprint density at radius 1 is 0.947 bits per heavy atom. The lowest BCUT2D eigenvalue weighted by Gasteiger charge is -2.01. The summed E-state index contributed by atoms with van der Waals surface area (Å²) < 4.78 is 5.24. The van der Waals surface area contributed by atoms with Crippen LogP contribution in [-0.2, 0) is 16.0 Å². The van der Waals surface area contributed by atoms with Crippen molar-refractivity contribution in [3.8, 4) is 0 Å². The van der Waals surface area contributed by atoms with Gasteiger partial charge in [0.1, 0.15) is 0 Å². The van der Waals surface area contributed by atoms with E-state index in [1.54, 1.807) is 0 Å². The summed E-state index contributed by atoms with van der Waals surface area (Å²) in [5.74, 6) is 0.196. The van der Waals surface area contributed by atoms with Crippen LogP contribution in [0.4, 0.5) is 0 Å². The number of rotatable bonds is 3. The van der Waals surface area contributed by atoms with E-state index in [-0.39, 0.29) is 5.97 Å². The van der Waals surface area contributed by atoms with Crippen LogP contribution in [0.2, 0.25) is 0 Å². The monoisotopic (exact) mass is 251 g/mol. The minimum Gasteiger partial charge on any atom is -0.410 e. The average Bonchev–Trinajstić information content (AvgIpc) is 2.82. The Bertz CT molecular complexity index is 605. The summed E-state index contributed by atoms with van der Waals surface area (Å²) in [5, 5.41) is 0. The van der Waals surface area contributed by atoms with E-state index in [9.17, 15) is 4.79 Å². The van der Waals surface area contributed by atoms with Gasteiger partial charge in [0.05, 0.1) is 0 Å². The van der Waals surface area contributed by atoms with Gasteiger partial charge >= 0.3 is 5.97 Å². The van der Waals surface area contributed by atoms with Gasteiger partial charge in [0, 0.05) is 6.42 Å². The van der Waals surface area contributed by atoms with Crippen molar-refractivity contribution in [2.24, 2.45) is 4.99 Å². The number of hydrogen-bond donors (Lipinski definition) is 0. The molecule has 0 amide bonds. The van der Waals surface area contributed by atoms with Gasteiger partial charge in [-0.15, -0.1) is 0 Å². The number of hydrogen-bond acceptors (Lipinski definition) is 3. The van der Waals surface area contributed by atoms with E-state index in [0.717, 1.165) is 11.1 Å². The fourth-order valence-corrected chi connectivity index (χ4v) is 2.09. The van der Waals surface area contributed by atoms with Crippen LogP contribution in [0.15, 0.2) is 65.7 Å². The molecule has 0 saturated carbocycles. The summed E-state index contributed by atoms with van der Waals surface area (Å²) in [7, 11) is 0. The first-order valence-corrected chi connectivity index (χ1v) is 6.20. The molecule has 1 heterocycles. The molecule has 1 aliphatic rings. The zero-order valence-electron chi connectivity index (χ0n) is 10.3. The summed E-state index contributed by atoms with van der Waals surface area (Å²) in [6, 6.07) is 18.8. The highest BCUT2D eigenvalue weighted by atomic mass is 16.6. The van der Waals surface area contributed by atoms with Crippen LogP contribution in [-0.4, -0.2) is 11.9 Å². The molecule has 1 unspecified atom stereocenters. The number of aliphatic imine (C=N–C) groups is 1. The first kappa shape index (κ1) is 11.7. The van der Waals surface area contributed by atoms with Crippen LogP contribution in [0.25, 0.3) is 0 Å². The highest BCUT2D eigenvalue weighted by Gasteiger charge is 2.30. The second-order valence-corrected chi connectivity index (χ2v) is 4.42. The molecule has 3 heteroatoms. The maximum Gasteiger partial charge on any atom is 0.342 e. The van der Waals surface area contributed by atoms with E-state index in [1.165, 1.54) is 0 Å². The molecule has 1 aliphatic heterocycles. The second-order valence-electron chi connectivity index (χ2n) is 4.42. The molecule has 19 heavy (non-hydrogen) atoms. The van der Waals surface area contributed by atoms with Gasteiger partial charge in [0.2, 0.25) is 0 Å². The van der Waals surface area contributed by atoms with Crippen molar-refractivity contribution >= 4 is 11.9 Å². The molecule has 0 radical (unpaired) electrons. The molecule has 0 fully saturated rings. The molecule has 1 atom stereocenters. The molecule has 94 valence electrons. The molecule has 2 aromatic rings. The summed E-state index contributed by atoms with van der Waals surface area (Å²) in [6.45, 7) is 0. The van der Waals surface area contributed by atoms with Gasteiger partial charge in [0.15, 0.2) is 11.9 Å². The Balaban J connectivity index is 1.80. The predicted molar refractivity (Wildman–Crippen MR) is 72.9 cm³/mol. The third-order valence-electron chi connectivity index (χ3n) is 3.03. The molecule has 0 aromatic heterocycles. The van der Waals surface area contributed by atoms with Crippen molar-refractivity contribution in [1.82, 2.24) is 0 Å². The average molecular weight is 251 g/mol. The third-order valence-corrected chi connectivity index (χ3v) is 3.03. The quantitative estimate of drug-likeness (QED) is 0.787. The Morgan fingerprint density at radius 3 is 2.26 bits per heavy atom. The standard InChI is InChI=1S/C16H13NO2/c18-16-15(13-9-5-2-6-10-13)17-14(19-16)11-12-7-3-1-4-8-12/h1-10,15H,11H2. The van der Waals surface area contributed by atoms with Crippen molar-refractivity contribution in [1.29, 1.82) is 0 Å². The summed E-state index contributed by atoms with van der Waals surface area (Å²) >= 11 is 0. The fraction of sp³-hybridized carbons (Fsp3) is 0.125. The number of benzene rings is 2. The number of carbonyl (C=O) groups excluding carboxylic acids is 1. The normalized spacial score (nSPS) is 18.0. The first-order valence-electron chi connectivity index (χ1n) is 6.20. The minimum absolute atomic E-state index is 0.294. The lowest BCUT2D eigenvalue weighted by Crippen LogP contribution is -2.09. The molecule has 3 rings (SSSR count). The maximum absolute atomic E-state index is 11.8. The van der Waals surface area contributed by atoms with Gasteiger partial charge in [-0.25, -0.2) is 9.79 Å². The van der Waals surface area contributed by atoms with E-state index >= 15 is 0 Å². The molecule has 0 spiro atoms. The van der Waals surface area contributed by atoms with Crippen LogP contribution in [0.5, 0.6) is 0 Å². The van der Waals surface area contributed by atoms with E-state index in [1.807, 2.05) is 60.7 Å². The van der Waals surface area contributed by atoms with Gasteiger partial charge in [-0.05, 0) is 11.1 Å². The van der Waals surface area contributed by atoms with Crippen molar-refractivity contribution in [3.63, 3.8) is 0 Å². The predicted octanol–water partition coefficient (Wildman–Crippen LogP) is 2.93. The van der Waals surface area contributed by atoms with E-state index < -0.39 is 6.04 Å². The smallest absolute Gasteiger partial charge is 0.342 e. The fourth-order valence-electron chi connectivity index (χ4n) is 2.09. The number of esters is 1. The molecular weight excluding hydrogens is 238 g/mol. The summed E-state index contributed by atoms with van der Waals surface area (Å²) in [4.78, 5) is 16.2. The molecule has 2 aromatic carbocycles. The zero-order chi connectivity index (χ0) is 13.1. The number of carbonyl (C=O) groups is 1. The van der Waals surface area contributed by atoms with Crippen molar-refractivity contribution in [2.45, 2.75) is 12.5 Å². The van der Waals surface area contributed by atoms with Crippen LogP contribution in [0.3, 0.4) is 0 Å². The van der Waals surface area contributed by atoms with E-state index in [4.69, 9.17) is 4.74 Å². The summed E-state index contributed by atoms with van der Waals surface area (Å²) in [5.41, 5.74) is 1.96. The van der Waals surface area contributed by atoms with Crippen LogP contribution >= 0.6 is 0 Å². The van der Waals surface area contributed by atoms with E-state index in [2.05, 4.69) is 4.99 Å². The van der Waals surface area contributed by atoms with Gasteiger partial charge in [0.25, 0.3) is 0 Å². The van der Waals surface area contributed by atoms with Gasteiger partial charge < -0.3 is 4.74 Å². The Kier molecular flexibility index (Phi) is 3.11. The molecule has 3 nitrogen and oxygen atoms in total.